The molecule has 86 valence electrons. The van der Waals surface area contributed by atoms with E-state index in [-0.39, 0.29) is 19.4 Å². The summed E-state index contributed by atoms with van der Waals surface area (Å²) in [5.74, 6) is 0. The fraction of sp³-hybridized carbons (Fsp3) is 1.00. The molecule has 0 aromatic rings. The average Bonchev–Trinajstić information content (AvgIpc) is 2.25. The number of hydrogen-bond acceptors (Lipinski definition) is 6. The highest BCUT2D eigenvalue weighted by molar-refractivity contribution is 6.60. The van der Waals surface area contributed by atoms with Crippen molar-refractivity contribution in [2.45, 2.75) is 6.10 Å². The lowest BCUT2D eigenvalue weighted by atomic mass is 10.4. The highest BCUT2D eigenvalue weighted by atomic mass is 28.4. The Morgan fingerprint density at radius 1 is 1.14 bits per heavy atom. The lowest BCUT2D eigenvalue weighted by molar-refractivity contribution is -0.00172. The maximum absolute atomic E-state index is 8.99. The van der Waals surface area contributed by atoms with Crippen molar-refractivity contribution in [3.63, 3.8) is 0 Å². The van der Waals surface area contributed by atoms with Gasteiger partial charge in [-0.3, -0.25) is 0 Å². The zero-order valence-electron chi connectivity index (χ0n) is 8.73. The summed E-state index contributed by atoms with van der Waals surface area (Å²) in [5, 5.41) is 17.5. The van der Waals surface area contributed by atoms with E-state index in [1.165, 1.54) is 21.3 Å². The molecule has 0 rings (SSSR count). The van der Waals surface area contributed by atoms with Crippen LogP contribution in [0.4, 0.5) is 0 Å². The Morgan fingerprint density at radius 2 is 1.64 bits per heavy atom. The van der Waals surface area contributed by atoms with Gasteiger partial charge in [0.05, 0.1) is 13.2 Å². The standard InChI is InChI=1S/C7H18O6Si/c1-10-14(11-2,12-3)6-13-5-7(9)4-8/h7-9H,4-6H2,1-3H3. The third-order valence-electron chi connectivity index (χ3n) is 1.73. The first kappa shape index (κ1) is 14.0. The molecule has 0 amide bonds. The molecule has 0 spiro atoms. The third kappa shape index (κ3) is 4.47. The van der Waals surface area contributed by atoms with Crippen LogP contribution in [0, 0.1) is 0 Å². The van der Waals surface area contributed by atoms with E-state index in [4.69, 9.17) is 28.2 Å². The van der Waals surface area contributed by atoms with Crippen LogP contribution in [0.25, 0.3) is 0 Å². The lowest BCUT2D eigenvalue weighted by Crippen LogP contribution is -2.48. The first-order valence-corrected chi connectivity index (χ1v) is 6.09. The van der Waals surface area contributed by atoms with Gasteiger partial charge in [0.25, 0.3) is 0 Å². The maximum atomic E-state index is 8.99. The number of ether oxygens (including phenoxy) is 1. The molecule has 0 bridgehead atoms. The molecule has 0 fully saturated rings. The molecule has 0 aromatic carbocycles. The van der Waals surface area contributed by atoms with Crippen molar-refractivity contribution in [1.82, 2.24) is 0 Å². The van der Waals surface area contributed by atoms with Crippen molar-refractivity contribution < 1.29 is 28.2 Å². The second-order valence-electron chi connectivity index (χ2n) is 2.65. The van der Waals surface area contributed by atoms with Gasteiger partial charge < -0.3 is 28.2 Å². The molecule has 0 aliphatic carbocycles. The van der Waals surface area contributed by atoms with Crippen LogP contribution in [0.2, 0.25) is 0 Å². The molecular weight excluding hydrogens is 208 g/mol. The van der Waals surface area contributed by atoms with Gasteiger partial charge in [-0.15, -0.1) is 0 Å². The molecule has 0 saturated carbocycles. The molecule has 0 aliphatic heterocycles. The first-order valence-electron chi connectivity index (χ1n) is 4.16. The third-order valence-corrected chi connectivity index (χ3v) is 4.16. The van der Waals surface area contributed by atoms with Crippen LogP contribution in [-0.4, -0.2) is 65.9 Å². The van der Waals surface area contributed by atoms with E-state index in [0.717, 1.165) is 0 Å². The predicted octanol–water partition coefficient (Wildman–Crippen LogP) is -1.23. The Morgan fingerprint density at radius 3 is 2.00 bits per heavy atom. The summed E-state index contributed by atoms with van der Waals surface area (Å²) >= 11 is 0. The van der Waals surface area contributed by atoms with E-state index in [0.29, 0.717) is 0 Å². The molecule has 14 heavy (non-hydrogen) atoms. The highest BCUT2D eigenvalue weighted by Gasteiger charge is 2.38. The molecule has 0 aromatic heterocycles. The van der Waals surface area contributed by atoms with E-state index in [1.807, 2.05) is 0 Å². The topological polar surface area (TPSA) is 77.4 Å². The van der Waals surface area contributed by atoms with E-state index in [1.54, 1.807) is 0 Å². The molecule has 7 heteroatoms. The lowest BCUT2D eigenvalue weighted by Gasteiger charge is -2.24. The van der Waals surface area contributed by atoms with Crippen LogP contribution < -0.4 is 0 Å². The zero-order chi connectivity index (χ0) is 11.0. The summed E-state index contributed by atoms with van der Waals surface area (Å²) in [6.07, 6.45) is -0.736. The Balaban J connectivity index is 3.82. The van der Waals surface area contributed by atoms with Crippen LogP contribution in [0.1, 0.15) is 0 Å². The fourth-order valence-corrected chi connectivity index (χ4v) is 2.02. The largest absolute Gasteiger partial charge is 0.527 e. The van der Waals surface area contributed by atoms with Crippen molar-refractivity contribution in [2.75, 3.05) is 40.8 Å². The molecule has 0 heterocycles. The van der Waals surface area contributed by atoms with E-state index in [2.05, 4.69) is 0 Å². The van der Waals surface area contributed by atoms with Crippen LogP contribution in [0.5, 0.6) is 0 Å². The average molecular weight is 226 g/mol. The Kier molecular flexibility index (Phi) is 7.28. The van der Waals surface area contributed by atoms with Gasteiger partial charge in [0.2, 0.25) is 0 Å². The van der Waals surface area contributed by atoms with Gasteiger partial charge in [0, 0.05) is 21.3 Å². The van der Waals surface area contributed by atoms with Crippen molar-refractivity contribution in [2.24, 2.45) is 0 Å². The smallest absolute Gasteiger partial charge is 0.394 e. The molecule has 1 atom stereocenters. The van der Waals surface area contributed by atoms with Crippen molar-refractivity contribution in [1.29, 1.82) is 0 Å². The monoisotopic (exact) mass is 226 g/mol. The van der Waals surface area contributed by atoms with Gasteiger partial charge in [-0.05, 0) is 0 Å². The molecule has 1 unspecified atom stereocenters. The Labute approximate surface area is 84.7 Å². The molecule has 0 radical (unpaired) electrons. The second-order valence-corrected chi connectivity index (χ2v) is 5.53. The van der Waals surface area contributed by atoms with Gasteiger partial charge in [0.1, 0.15) is 12.3 Å². The van der Waals surface area contributed by atoms with E-state index < -0.39 is 14.9 Å². The summed E-state index contributed by atoms with van der Waals surface area (Å²) in [7, 11) is 1.72. The molecule has 0 aliphatic rings. The molecule has 0 saturated heterocycles. The minimum Gasteiger partial charge on any atom is -0.394 e. The van der Waals surface area contributed by atoms with Crippen LogP contribution in [0.3, 0.4) is 0 Å². The van der Waals surface area contributed by atoms with Gasteiger partial charge in [-0.2, -0.15) is 0 Å². The molecule has 6 nitrogen and oxygen atoms in total. The fourth-order valence-electron chi connectivity index (χ4n) is 0.799. The van der Waals surface area contributed by atoms with E-state index >= 15 is 0 Å². The highest BCUT2D eigenvalue weighted by Crippen LogP contribution is 2.06. The van der Waals surface area contributed by atoms with Crippen LogP contribution >= 0.6 is 0 Å². The SMILES string of the molecule is CO[Si](COCC(O)CO)(OC)OC. The van der Waals surface area contributed by atoms with Crippen LogP contribution in [-0.2, 0) is 18.0 Å². The molecular formula is C7H18O6Si. The summed E-state index contributed by atoms with van der Waals surface area (Å²) in [4.78, 5) is 0. The summed E-state index contributed by atoms with van der Waals surface area (Å²) in [6.45, 7) is -0.303. The number of hydrogen-bond donors (Lipinski definition) is 2. The van der Waals surface area contributed by atoms with Crippen molar-refractivity contribution in [3.05, 3.63) is 0 Å². The second kappa shape index (κ2) is 7.29. The van der Waals surface area contributed by atoms with E-state index in [9.17, 15) is 0 Å². The number of rotatable bonds is 8. The first-order chi connectivity index (χ1) is 6.64. The normalized spacial score (nSPS) is 14.4. The Bertz CT molecular complexity index is 132. The van der Waals surface area contributed by atoms with Crippen LogP contribution in [0.15, 0.2) is 0 Å². The molecule has 2 N–H and O–H groups in total. The zero-order valence-corrected chi connectivity index (χ0v) is 9.73. The van der Waals surface area contributed by atoms with Crippen molar-refractivity contribution in [3.8, 4) is 0 Å². The van der Waals surface area contributed by atoms with Gasteiger partial charge >= 0.3 is 8.80 Å². The number of aliphatic hydroxyl groups is 2. The minimum absolute atomic E-state index is 0.0291. The number of aliphatic hydroxyl groups excluding tert-OH is 2. The summed E-state index contributed by atoms with van der Waals surface area (Å²) in [5.41, 5.74) is 0. The summed E-state index contributed by atoms with van der Waals surface area (Å²) in [6, 6.07) is 0. The van der Waals surface area contributed by atoms with Gasteiger partial charge in [0.15, 0.2) is 0 Å². The van der Waals surface area contributed by atoms with Crippen molar-refractivity contribution >= 4 is 8.80 Å². The quantitative estimate of drug-likeness (QED) is 0.505. The summed E-state index contributed by atoms with van der Waals surface area (Å²) < 4.78 is 20.3. The van der Waals surface area contributed by atoms with Gasteiger partial charge in [-0.1, -0.05) is 0 Å². The predicted molar refractivity (Wildman–Crippen MR) is 50.7 cm³/mol. The van der Waals surface area contributed by atoms with Gasteiger partial charge in [-0.25, -0.2) is 0 Å². The maximum Gasteiger partial charge on any atom is 0.527 e. The Hall–Kier alpha value is -0.0231. The minimum atomic E-state index is -2.71.